The molecule has 0 spiro atoms. The highest BCUT2D eigenvalue weighted by molar-refractivity contribution is 7.89. The molecule has 0 saturated carbocycles. The summed E-state index contributed by atoms with van der Waals surface area (Å²) >= 11 is 6.10. The van der Waals surface area contributed by atoms with E-state index >= 15 is 0 Å². The molecule has 1 heterocycles. The monoisotopic (exact) mass is 435 g/mol. The molecule has 1 aliphatic heterocycles. The van der Waals surface area contributed by atoms with Crippen LogP contribution in [0.3, 0.4) is 0 Å². The highest BCUT2D eigenvalue weighted by atomic mass is 35.5. The van der Waals surface area contributed by atoms with Gasteiger partial charge < -0.3 is 10.2 Å². The Morgan fingerprint density at radius 1 is 1.07 bits per heavy atom. The quantitative estimate of drug-likeness (QED) is 0.766. The average Bonchev–Trinajstić information content (AvgIpc) is 2.68. The number of nitrogens with zero attached hydrogens (tertiary/aromatic N) is 2. The predicted molar refractivity (Wildman–Crippen MR) is 118 cm³/mol. The van der Waals surface area contributed by atoms with Crippen molar-refractivity contribution in [1.29, 1.82) is 0 Å². The third-order valence-corrected chi connectivity index (χ3v) is 7.22. The van der Waals surface area contributed by atoms with E-state index in [0.717, 1.165) is 24.9 Å². The van der Waals surface area contributed by atoms with Crippen LogP contribution in [0, 0.1) is 6.92 Å². The number of nitrogens with one attached hydrogen (secondary N) is 1. The van der Waals surface area contributed by atoms with Gasteiger partial charge in [-0.25, -0.2) is 8.42 Å². The van der Waals surface area contributed by atoms with Gasteiger partial charge >= 0.3 is 0 Å². The topological polar surface area (TPSA) is 69.7 Å². The van der Waals surface area contributed by atoms with E-state index in [1.807, 2.05) is 25.1 Å². The molecule has 156 valence electrons. The van der Waals surface area contributed by atoms with Crippen molar-refractivity contribution in [2.45, 2.75) is 31.1 Å². The van der Waals surface area contributed by atoms with Gasteiger partial charge in [-0.3, -0.25) is 4.79 Å². The maximum Gasteiger partial charge on any atom is 0.256 e. The molecular formula is C21H26ClN3O3S. The van der Waals surface area contributed by atoms with Crippen LogP contribution >= 0.6 is 11.6 Å². The van der Waals surface area contributed by atoms with Crippen LogP contribution in [0.25, 0.3) is 0 Å². The van der Waals surface area contributed by atoms with Gasteiger partial charge in [-0.1, -0.05) is 24.1 Å². The van der Waals surface area contributed by atoms with Crippen molar-refractivity contribution in [1.82, 2.24) is 4.31 Å². The molecule has 0 bridgehead atoms. The molecule has 0 aliphatic carbocycles. The summed E-state index contributed by atoms with van der Waals surface area (Å²) in [6, 6.07) is 9.97. The maximum absolute atomic E-state index is 13.0. The summed E-state index contributed by atoms with van der Waals surface area (Å²) in [5, 5.41) is 3.38. The van der Waals surface area contributed by atoms with E-state index in [0.29, 0.717) is 34.9 Å². The molecule has 1 amide bonds. The van der Waals surface area contributed by atoms with Gasteiger partial charge in [0.15, 0.2) is 0 Å². The Hall–Kier alpha value is -2.09. The fourth-order valence-electron chi connectivity index (χ4n) is 3.45. The molecule has 0 atom stereocenters. The first-order valence-electron chi connectivity index (χ1n) is 9.59. The van der Waals surface area contributed by atoms with E-state index < -0.39 is 10.0 Å². The van der Waals surface area contributed by atoms with Crippen molar-refractivity contribution in [3.05, 3.63) is 52.5 Å². The van der Waals surface area contributed by atoms with Gasteiger partial charge in [-0.05, 0) is 55.7 Å². The van der Waals surface area contributed by atoms with Crippen LogP contribution < -0.4 is 10.2 Å². The number of halogens is 1. The summed E-state index contributed by atoms with van der Waals surface area (Å²) in [6.45, 7) is 2.83. The number of amides is 1. The van der Waals surface area contributed by atoms with Gasteiger partial charge in [0, 0.05) is 37.8 Å². The minimum Gasteiger partial charge on any atom is -0.376 e. The summed E-state index contributed by atoms with van der Waals surface area (Å²) in [7, 11) is 0.130. The van der Waals surface area contributed by atoms with E-state index in [9.17, 15) is 13.2 Å². The zero-order valence-corrected chi connectivity index (χ0v) is 18.5. The Balaban J connectivity index is 1.92. The van der Waals surface area contributed by atoms with E-state index in [-0.39, 0.29) is 10.8 Å². The number of piperidine rings is 1. The van der Waals surface area contributed by atoms with E-state index in [2.05, 4.69) is 5.32 Å². The number of hydrogen-bond donors (Lipinski definition) is 1. The van der Waals surface area contributed by atoms with Crippen LogP contribution in [-0.4, -0.2) is 45.8 Å². The van der Waals surface area contributed by atoms with Gasteiger partial charge in [0.05, 0.1) is 16.3 Å². The molecule has 1 N–H and O–H groups in total. The molecule has 6 nitrogen and oxygen atoms in total. The number of aryl methyl sites for hydroxylation is 1. The molecule has 0 radical (unpaired) electrons. The van der Waals surface area contributed by atoms with Gasteiger partial charge in [0.25, 0.3) is 5.91 Å². The van der Waals surface area contributed by atoms with Crippen LogP contribution in [0.15, 0.2) is 41.3 Å². The first-order chi connectivity index (χ1) is 13.7. The maximum atomic E-state index is 13.0. The van der Waals surface area contributed by atoms with Crippen LogP contribution in [0.4, 0.5) is 11.4 Å². The third-order valence-electron chi connectivity index (χ3n) is 5.10. The molecule has 1 aliphatic rings. The van der Waals surface area contributed by atoms with Crippen molar-refractivity contribution < 1.29 is 13.2 Å². The number of anilines is 2. The minimum atomic E-state index is -3.61. The van der Waals surface area contributed by atoms with Crippen molar-refractivity contribution in [2.24, 2.45) is 0 Å². The Morgan fingerprint density at radius 3 is 2.41 bits per heavy atom. The minimum absolute atomic E-state index is 0.147. The summed E-state index contributed by atoms with van der Waals surface area (Å²) in [5.41, 5.74) is 2.40. The Bertz CT molecular complexity index is 1020. The SMILES string of the molecule is Cc1ccc(S(=O)(=O)N2CCCCC2)cc1C(=O)Nc1cc(Cl)ccc1N(C)C. The Morgan fingerprint density at radius 2 is 1.76 bits per heavy atom. The van der Waals surface area contributed by atoms with E-state index in [1.54, 1.807) is 31.2 Å². The summed E-state index contributed by atoms with van der Waals surface area (Å²) in [4.78, 5) is 15.0. The first kappa shape index (κ1) is 21.6. The lowest BCUT2D eigenvalue weighted by atomic mass is 10.1. The number of carbonyl (C=O) groups is 1. The van der Waals surface area contributed by atoms with Gasteiger partial charge in [0.1, 0.15) is 0 Å². The summed E-state index contributed by atoms with van der Waals surface area (Å²) in [6.07, 6.45) is 2.77. The molecular weight excluding hydrogens is 410 g/mol. The van der Waals surface area contributed by atoms with Crippen LogP contribution in [0.5, 0.6) is 0 Å². The number of sulfonamides is 1. The van der Waals surface area contributed by atoms with Gasteiger partial charge in [0.2, 0.25) is 10.0 Å². The lowest BCUT2D eigenvalue weighted by Crippen LogP contribution is -2.35. The molecule has 3 rings (SSSR count). The van der Waals surface area contributed by atoms with Gasteiger partial charge in [-0.2, -0.15) is 4.31 Å². The lowest BCUT2D eigenvalue weighted by molar-refractivity contribution is 0.102. The van der Waals surface area contributed by atoms with Crippen LogP contribution in [0.2, 0.25) is 5.02 Å². The largest absolute Gasteiger partial charge is 0.376 e. The smallest absolute Gasteiger partial charge is 0.256 e. The molecule has 0 unspecified atom stereocenters. The molecule has 2 aromatic rings. The zero-order valence-electron chi connectivity index (χ0n) is 16.9. The number of hydrogen-bond acceptors (Lipinski definition) is 4. The van der Waals surface area contributed by atoms with Crippen molar-refractivity contribution >= 4 is 38.9 Å². The average molecular weight is 436 g/mol. The van der Waals surface area contributed by atoms with Crippen molar-refractivity contribution in [2.75, 3.05) is 37.4 Å². The standard InChI is InChI=1S/C21H26ClN3O3S/c1-15-7-9-17(29(27,28)25-11-5-4-6-12-25)14-18(15)21(26)23-19-13-16(22)8-10-20(19)24(2)3/h7-10,13-14H,4-6,11-12H2,1-3H3,(H,23,26). The molecule has 0 aromatic heterocycles. The first-order valence-corrected chi connectivity index (χ1v) is 11.4. The fraction of sp³-hybridized carbons (Fsp3) is 0.381. The summed E-state index contributed by atoms with van der Waals surface area (Å²) < 4.78 is 27.5. The molecule has 1 fully saturated rings. The molecule has 8 heteroatoms. The van der Waals surface area contributed by atoms with Crippen molar-refractivity contribution in [3.8, 4) is 0 Å². The zero-order chi connectivity index (χ0) is 21.2. The van der Waals surface area contributed by atoms with E-state index in [1.165, 1.54) is 10.4 Å². The highest BCUT2D eigenvalue weighted by Crippen LogP contribution is 2.29. The number of benzene rings is 2. The second kappa shape index (κ2) is 8.73. The molecule has 29 heavy (non-hydrogen) atoms. The number of carbonyl (C=O) groups excluding carboxylic acids is 1. The van der Waals surface area contributed by atoms with E-state index in [4.69, 9.17) is 11.6 Å². The number of rotatable bonds is 5. The second-order valence-corrected chi connectivity index (χ2v) is 9.83. The third kappa shape index (κ3) is 4.74. The summed E-state index contributed by atoms with van der Waals surface area (Å²) in [5.74, 6) is -0.372. The molecule has 1 saturated heterocycles. The van der Waals surface area contributed by atoms with Crippen LogP contribution in [0.1, 0.15) is 35.2 Å². The lowest BCUT2D eigenvalue weighted by Gasteiger charge is -2.26. The van der Waals surface area contributed by atoms with Crippen molar-refractivity contribution in [3.63, 3.8) is 0 Å². The normalized spacial score (nSPS) is 15.2. The Labute approximate surface area is 177 Å². The second-order valence-electron chi connectivity index (χ2n) is 7.45. The highest BCUT2D eigenvalue weighted by Gasteiger charge is 2.27. The predicted octanol–water partition coefficient (Wildman–Crippen LogP) is 4.14. The van der Waals surface area contributed by atoms with Gasteiger partial charge in [-0.15, -0.1) is 0 Å². The fourth-order valence-corrected chi connectivity index (χ4v) is 5.16. The molecule has 2 aromatic carbocycles. The Kier molecular flexibility index (Phi) is 6.51. The van der Waals surface area contributed by atoms with Crippen LogP contribution in [-0.2, 0) is 10.0 Å².